The van der Waals surface area contributed by atoms with Crippen LogP contribution in [0.25, 0.3) is 10.8 Å². The molecule has 0 saturated heterocycles. The zero-order valence-corrected chi connectivity index (χ0v) is 9.51. The first-order valence-electron chi connectivity index (χ1n) is 3.99. The highest BCUT2D eigenvalue weighted by atomic mass is 79.9. The van der Waals surface area contributed by atoms with Crippen LogP contribution in [0.3, 0.4) is 0 Å². The van der Waals surface area contributed by atoms with Gasteiger partial charge in [0.1, 0.15) is 0 Å². The van der Waals surface area contributed by atoms with E-state index in [2.05, 4.69) is 26.1 Å². The van der Waals surface area contributed by atoms with Gasteiger partial charge in [-0.05, 0) is 28.1 Å². The largest absolute Gasteiger partial charge is 0.396 e. The Balaban J connectivity index is 2.24. The van der Waals surface area contributed by atoms with Crippen LogP contribution in [0.1, 0.15) is 5.82 Å². The molecular weight excluding hydrogens is 268 g/mol. The maximum absolute atomic E-state index is 8.68. The molecule has 2 aromatic heterocycles. The molecule has 6 heteroatoms. The lowest BCUT2D eigenvalue weighted by atomic mass is 10.4. The second-order valence-corrected chi connectivity index (χ2v) is 5.06. The molecule has 1 N–H and O–H groups in total. The minimum atomic E-state index is 0.0348. The number of halogens is 1. The molecule has 0 aliphatic carbocycles. The first-order valence-corrected chi connectivity index (χ1v) is 5.59. The second-order valence-electron chi connectivity index (χ2n) is 2.59. The SMILES string of the molecule is OCCc1noc(-c2ccc(Br)s2)n1. The van der Waals surface area contributed by atoms with Crippen molar-refractivity contribution in [1.82, 2.24) is 10.1 Å². The number of hydrogen-bond acceptors (Lipinski definition) is 5. The van der Waals surface area contributed by atoms with Gasteiger partial charge in [0.05, 0.1) is 15.3 Å². The number of rotatable bonds is 3. The van der Waals surface area contributed by atoms with Crippen molar-refractivity contribution in [1.29, 1.82) is 0 Å². The molecule has 0 spiro atoms. The van der Waals surface area contributed by atoms with E-state index in [1.165, 1.54) is 11.3 Å². The van der Waals surface area contributed by atoms with Gasteiger partial charge in [-0.3, -0.25) is 0 Å². The fourth-order valence-electron chi connectivity index (χ4n) is 0.985. The van der Waals surface area contributed by atoms with Gasteiger partial charge in [0.15, 0.2) is 5.82 Å². The highest BCUT2D eigenvalue weighted by molar-refractivity contribution is 9.11. The third-order valence-corrected chi connectivity index (χ3v) is 3.20. The molecule has 0 bridgehead atoms. The van der Waals surface area contributed by atoms with E-state index in [-0.39, 0.29) is 6.61 Å². The van der Waals surface area contributed by atoms with Crippen molar-refractivity contribution in [2.24, 2.45) is 0 Å². The van der Waals surface area contributed by atoms with Gasteiger partial charge in [-0.1, -0.05) is 5.16 Å². The minimum absolute atomic E-state index is 0.0348. The zero-order valence-electron chi connectivity index (χ0n) is 7.11. The van der Waals surface area contributed by atoms with Crippen LogP contribution < -0.4 is 0 Å². The summed E-state index contributed by atoms with van der Waals surface area (Å²) in [7, 11) is 0. The van der Waals surface area contributed by atoms with Gasteiger partial charge >= 0.3 is 0 Å². The van der Waals surface area contributed by atoms with Crippen LogP contribution in [0.2, 0.25) is 0 Å². The van der Waals surface area contributed by atoms with Gasteiger partial charge in [-0.25, -0.2) is 0 Å². The van der Waals surface area contributed by atoms with E-state index in [9.17, 15) is 0 Å². The summed E-state index contributed by atoms with van der Waals surface area (Å²) >= 11 is 4.89. The summed E-state index contributed by atoms with van der Waals surface area (Å²) in [5.41, 5.74) is 0. The number of aromatic nitrogens is 2. The van der Waals surface area contributed by atoms with E-state index >= 15 is 0 Å². The van der Waals surface area contributed by atoms with Crippen molar-refractivity contribution in [3.8, 4) is 10.8 Å². The molecule has 4 nitrogen and oxygen atoms in total. The van der Waals surface area contributed by atoms with E-state index < -0.39 is 0 Å². The maximum Gasteiger partial charge on any atom is 0.268 e. The van der Waals surface area contributed by atoms with Crippen molar-refractivity contribution >= 4 is 27.3 Å². The molecule has 0 aliphatic heterocycles. The lowest BCUT2D eigenvalue weighted by molar-refractivity contribution is 0.293. The highest BCUT2D eigenvalue weighted by Crippen LogP contribution is 2.29. The Kier molecular flexibility index (Phi) is 2.95. The third kappa shape index (κ3) is 2.02. The van der Waals surface area contributed by atoms with Gasteiger partial charge in [0.2, 0.25) is 0 Å². The second kappa shape index (κ2) is 4.20. The smallest absolute Gasteiger partial charge is 0.268 e. The predicted molar refractivity (Wildman–Crippen MR) is 56.1 cm³/mol. The maximum atomic E-state index is 8.68. The molecule has 0 atom stereocenters. The third-order valence-electron chi connectivity index (χ3n) is 1.59. The average molecular weight is 275 g/mol. The lowest BCUT2D eigenvalue weighted by Gasteiger charge is -1.84. The molecule has 74 valence electrons. The van der Waals surface area contributed by atoms with Crippen molar-refractivity contribution in [2.75, 3.05) is 6.61 Å². The zero-order chi connectivity index (χ0) is 9.97. The molecule has 0 unspecified atom stereocenters. The van der Waals surface area contributed by atoms with Crippen LogP contribution in [-0.2, 0) is 6.42 Å². The van der Waals surface area contributed by atoms with Crippen LogP contribution in [-0.4, -0.2) is 21.9 Å². The minimum Gasteiger partial charge on any atom is -0.396 e. The van der Waals surface area contributed by atoms with E-state index in [1.54, 1.807) is 0 Å². The van der Waals surface area contributed by atoms with Gasteiger partial charge < -0.3 is 9.63 Å². The Morgan fingerprint density at radius 1 is 1.50 bits per heavy atom. The molecule has 0 saturated carbocycles. The molecule has 2 rings (SSSR count). The normalized spacial score (nSPS) is 10.7. The Bertz CT molecular complexity index is 426. The standard InChI is InChI=1S/C8H7BrN2O2S/c9-6-2-1-5(14-6)8-10-7(3-4-12)11-13-8/h1-2,12H,3-4H2. The number of nitrogens with zero attached hydrogens (tertiary/aromatic N) is 2. The van der Waals surface area contributed by atoms with Gasteiger partial charge in [-0.15, -0.1) is 11.3 Å². The first kappa shape index (κ1) is 9.82. The van der Waals surface area contributed by atoms with Crippen molar-refractivity contribution < 1.29 is 9.63 Å². The van der Waals surface area contributed by atoms with Crippen molar-refractivity contribution in [3.05, 3.63) is 21.7 Å². The van der Waals surface area contributed by atoms with Crippen LogP contribution in [0.5, 0.6) is 0 Å². The quantitative estimate of drug-likeness (QED) is 0.931. The molecule has 0 aromatic carbocycles. The number of thiophene rings is 1. The Morgan fingerprint density at radius 3 is 3.00 bits per heavy atom. The number of hydrogen-bond donors (Lipinski definition) is 1. The number of aliphatic hydroxyl groups excluding tert-OH is 1. The number of aliphatic hydroxyl groups is 1. The first-order chi connectivity index (χ1) is 6.79. The molecule has 0 amide bonds. The summed E-state index contributed by atoms with van der Waals surface area (Å²) in [6.07, 6.45) is 0.427. The molecule has 2 aromatic rings. The summed E-state index contributed by atoms with van der Waals surface area (Å²) in [4.78, 5) is 5.06. The van der Waals surface area contributed by atoms with Crippen molar-refractivity contribution in [3.63, 3.8) is 0 Å². The van der Waals surface area contributed by atoms with Gasteiger partial charge in [0, 0.05) is 6.42 Å². The highest BCUT2D eigenvalue weighted by Gasteiger charge is 2.09. The molecular formula is C8H7BrN2O2S. The summed E-state index contributed by atoms with van der Waals surface area (Å²) in [5, 5.41) is 12.4. The summed E-state index contributed by atoms with van der Waals surface area (Å²) in [6.45, 7) is 0.0348. The molecule has 14 heavy (non-hydrogen) atoms. The Hall–Kier alpha value is -0.720. The predicted octanol–water partition coefficient (Wildman–Crippen LogP) is 2.10. The fraction of sp³-hybridized carbons (Fsp3) is 0.250. The van der Waals surface area contributed by atoms with Crippen LogP contribution in [0.15, 0.2) is 20.4 Å². The van der Waals surface area contributed by atoms with E-state index in [0.29, 0.717) is 18.1 Å². The summed E-state index contributed by atoms with van der Waals surface area (Å²) in [5.74, 6) is 1.04. The van der Waals surface area contributed by atoms with Crippen LogP contribution >= 0.6 is 27.3 Å². The molecule has 0 fully saturated rings. The lowest BCUT2D eigenvalue weighted by Crippen LogP contribution is -1.92. The van der Waals surface area contributed by atoms with Crippen molar-refractivity contribution in [2.45, 2.75) is 6.42 Å². The Labute approximate surface area is 92.7 Å². The van der Waals surface area contributed by atoms with E-state index in [4.69, 9.17) is 9.63 Å². The summed E-state index contributed by atoms with van der Waals surface area (Å²) < 4.78 is 6.06. The summed E-state index contributed by atoms with van der Waals surface area (Å²) in [6, 6.07) is 3.83. The molecule has 2 heterocycles. The molecule has 0 radical (unpaired) electrons. The fourth-order valence-corrected chi connectivity index (χ4v) is 2.29. The topological polar surface area (TPSA) is 59.2 Å². The van der Waals surface area contributed by atoms with Gasteiger partial charge in [-0.2, -0.15) is 4.98 Å². The van der Waals surface area contributed by atoms with E-state index in [0.717, 1.165) is 8.66 Å². The van der Waals surface area contributed by atoms with E-state index in [1.807, 2.05) is 12.1 Å². The van der Waals surface area contributed by atoms with Crippen LogP contribution in [0.4, 0.5) is 0 Å². The van der Waals surface area contributed by atoms with Gasteiger partial charge in [0.25, 0.3) is 5.89 Å². The Morgan fingerprint density at radius 2 is 2.36 bits per heavy atom. The monoisotopic (exact) mass is 274 g/mol. The molecule has 0 aliphatic rings. The average Bonchev–Trinajstić information content (AvgIpc) is 2.74. The van der Waals surface area contributed by atoms with Crippen LogP contribution in [0, 0.1) is 0 Å².